The summed E-state index contributed by atoms with van der Waals surface area (Å²) in [5, 5.41) is 4.82. The van der Waals surface area contributed by atoms with Crippen LogP contribution in [-0.2, 0) is 21.4 Å². The van der Waals surface area contributed by atoms with Crippen molar-refractivity contribution in [3.05, 3.63) is 34.5 Å². The molecule has 1 saturated heterocycles. The van der Waals surface area contributed by atoms with Gasteiger partial charge in [-0.3, -0.25) is 14.2 Å². The number of piperazine rings is 1. The minimum Gasteiger partial charge on any atom is -0.495 e. The van der Waals surface area contributed by atoms with E-state index in [1.165, 1.54) is 0 Å². The number of anilines is 2. The van der Waals surface area contributed by atoms with Gasteiger partial charge in [0, 0.05) is 49.2 Å². The molecule has 1 fully saturated rings. The number of nitrogens with zero attached hydrogens (tertiary/aromatic N) is 4. The zero-order chi connectivity index (χ0) is 22.1. The Morgan fingerprint density at radius 2 is 1.90 bits per heavy atom. The summed E-state index contributed by atoms with van der Waals surface area (Å²) in [5.74, 6) is 0.819. The SMILES string of the molecule is COc1cc(N2CCN(C(=O)Cn3nc(NS(C)(=O)=O)c(C)c3C)CC2)ccc1Cl. The predicted octanol–water partition coefficient (Wildman–Crippen LogP) is 1.88. The van der Waals surface area contributed by atoms with Gasteiger partial charge in [-0.15, -0.1) is 0 Å². The minimum absolute atomic E-state index is 0.0557. The molecule has 1 N–H and O–H groups in total. The van der Waals surface area contributed by atoms with E-state index in [1.54, 1.807) is 29.7 Å². The molecular formula is C19H26ClN5O4S. The molecule has 0 atom stereocenters. The summed E-state index contributed by atoms with van der Waals surface area (Å²) in [7, 11) is -1.86. The number of aromatic nitrogens is 2. The predicted molar refractivity (Wildman–Crippen MR) is 117 cm³/mol. The lowest BCUT2D eigenvalue weighted by atomic mass is 10.2. The summed E-state index contributed by atoms with van der Waals surface area (Å²) >= 11 is 6.10. The normalized spacial score (nSPS) is 14.7. The number of carbonyl (C=O) groups is 1. The molecular weight excluding hydrogens is 430 g/mol. The Labute approximate surface area is 181 Å². The zero-order valence-corrected chi connectivity index (χ0v) is 19.0. The van der Waals surface area contributed by atoms with Crippen LogP contribution in [0, 0.1) is 13.8 Å². The van der Waals surface area contributed by atoms with E-state index < -0.39 is 10.0 Å². The Balaban J connectivity index is 1.63. The van der Waals surface area contributed by atoms with E-state index in [1.807, 2.05) is 19.1 Å². The number of hydrogen-bond donors (Lipinski definition) is 1. The van der Waals surface area contributed by atoms with Gasteiger partial charge < -0.3 is 14.5 Å². The lowest BCUT2D eigenvalue weighted by Crippen LogP contribution is -2.49. The molecule has 1 aliphatic heterocycles. The van der Waals surface area contributed by atoms with Gasteiger partial charge >= 0.3 is 0 Å². The lowest BCUT2D eigenvalue weighted by Gasteiger charge is -2.36. The first kappa shape index (κ1) is 22.2. The van der Waals surface area contributed by atoms with Crippen LogP contribution in [-0.4, -0.2) is 68.5 Å². The highest BCUT2D eigenvalue weighted by Gasteiger charge is 2.23. The van der Waals surface area contributed by atoms with E-state index in [-0.39, 0.29) is 18.3 Å². The highest BCUT2D eigenvalue weighted by Crippen LogP contribution is 2.29. The maximum Gasteiger partial charge on any atom is 0.244 e. The number of nitrogens with one attached hydrogen (secondary N) is 1. The maximum atomic E-state index is 12.8. The first-order valence-electron chi connectivity index (χ1n) is 9.47. The van der Waals surface area contributed by atoms with Crippen LogP contribution in [0.5, 0.6) is 5.75 Å². The van der Waals surface area contributed by atoms with Crippen LogP contribution in [0.4, 0.5) is 11.5 Å². The quantitative estimate of drug-likeness (QED) is 0.714. The third-order valence-electron chi connectivity index (χ3n) is 5.21. The van der Waals surface area contributed by atoms with Gasteiger partial charge in [0.15, 0.2) is 5.82 Å². The van der Waals surface area contributed by atoms with E-state index in [4.69, 9.17) is 16.3 Å². The molecule has 1 aromatic heterocycles. The highest BCUT2D eigenvalue weighted by molar-refractivity contribution is 7.92. The molecule has 1 amide bonds. The number of ether oxygens (including phenoxy) is 1. The number of amides is 1. The van der Waals surface area contributed by atoms with Crippen molar-refractivity contribution in [2.24, 2.45) is 0 Å². The fourth-order valence-corrected chi connectivity index (χ4v) is 4.09. The van der Waals surface area contributed by atoms with E-state index in [9.17, 15) is 13.2 Å². The number of methoxy groups -OCH3 is 1. The van der Waals surface area contributed by atoms with E-state index in [2.05, 4.69) is 14.7 Å². The Kier molecular flexibility index (Phi) is 6.47. The molecule has 0 bridgehead atoms. The first-order valence-corrected chi connectivity index (χ1v) is 11.7. The zero-order valence-electron chi connectivity index (χ0n) is 17.5. The molecule has 1 aromatic carbocycles. The molecule has 164 valence electrons. The Morgan fingerprint density at radius 3 is 2.50 bits per heavy atom. The molecule has 11 heteroatoms. The molecule has 1 aliphatic rings. The van der Waals surface area contributed by atoms with Crippen LogP contribution >= 0.6 is 11.6 Å². The van der Waals surface area contributed by atoms with Crippen LogP contribution in [0.3, 0.4) is 0 Å². The summed E-state index contributed by atoms with van der Waals surface area (Å²) in [6.45, 7) is 6.19. The molecule has 0 unspecified atom stereocenters. The number of sulfonamides is 1. The molecule has 0 saturated carbocycles. The minimum atomic E-state index is -3.44. The van der Waals surface area contributed by atoms with Gasteiger partial charge in [0.2, 0.25) is 15.9 Å². The number of rotatable bonds is 6. The van der Waals surface area contributed by atoms with Gasteiger partial charge in [0.05, 0.1) is 18.4 Å². The van der Waals surface area contributed by atoms with E-state index in [0.29, 0.717) is 42.5 Å². The smallest absolute Gasteiger partial charge is 0.244 e. The van der Waals surface area contributed by atoms with Crippen LogP contribution in [0.25, 0.3) is 0 Å². The van der Waals surface area contributed by atoms with E-state index in [0.717, 1.165) is 17.6 Å². The first-order chi connectivity index (χ1) is 14.1. The molecule has 9 nitrogen and oxygen atoms in total. The Hall–Kier alpha value is -2.46. The molecule has 3 rings (SSSR count). The summed E-state index contributed by atoms with van der Waals surface area (Å²) < 4.78 is 32.2. The molecule has 0 radical (unpaired) electrons. The van der Waals surface area contributed by atoms with Crippen LogP contribution in [0.2, 0.25) is 5.02 Å². The third-order valence-corrected chi connectivity index (χ3v) is 6.08. The second kappa shape index (κ2) is 8.73. The largest absolute Gasteiger partial charge is 0.495 e. The van der Waals surface area contributed by atoms with Crippen molar-refractivity contribution in [2.45, 2.75) is 20.4 Å². The third kappa shape index (κ3) is 4.99. The van der Waals surface area contributed by atoms with Crippen molar-refractivity contribution < 1.29 is 17.9 Å². The Morgan fingerprint density at radius 1 is 1.23 bits per heavy atom. The maximum absolute atomic E-state index is 12.8. The molecule has 0 aliphatic carbocycles. The second-order valence-electron chi connectivity index (χ2n) is 7.28. The number of benzene rings is 1. The molecule has 30 heavy (non-hydrogen) atoms. The summed E-state index contributed by atoms with van der Waals surface area (Å²) in [5.41, 5.74) is 2.45. The Bertz CT molecular complexity index is 1050. The highest BCUT2D eigenvalue weighted by atomic mass is 35.5. The lowest BCUT2D eigenvalue weighted by molar-refractivity contribution is -0.132. The topological polar surface area (TPSA) is 96.8 Å². The van der Waals surface area contributed by atoms with Gasteiger partial charge in [-0.05, 0) is 26.0 Å². The summed E-state index contributed by atoms with van der Waals surface area (Å²) in [6, 6.07) is 5.64. The fourth-order valence-electron chi connectivity index (χ4n) is 3.35. The molecule has 2 heterocycles. The van der Waals surface area contributed by atoms with Crippen LogP contribution < -0.4 is 14.4 Å². The van der Waals surface area contributed by atoms with Crippen molar-refractivity contribution in [1.82, 2.24) is 14.7 Å². The van der Waals surface area contributed by atoms with Crippen LogP contribution in [0.1, 0.15) is 11.3 Å². The van der Waals surface area contributed by atoms with Crippen molar-refractivity contribution in [2.75, 3.05) is 49.2 Å². The summed E-state index contributed by atoms with van der Waals surface area (Å²) in [6.07, 6.45) is 1.07. The van der Waals surface area contributed by atoms with Crippen molar-refractivity contribution in [3.63, 3.8) is 0 Å². The van der Waals surface area contributed by atoms with Gasteiger partial charge in [-0.2, -0.15) is 5.10 Å². The number of hydrogen-bond acceptors (Lipinski definition) is 6. The molecule has 0 spiro atoms. The second-order valence-corrected chi connectivity index (χ2v) is 9.43. The monoisotopic (exact) mass is 455 g/mol. The fraction of sp³-hybridized carbons (Fsp3) is 0.474. The van der Waals surface area contributed by atoms with Crippen LogP contribution in [0.15, 0.2) is 18.2 Å². The van der Waals surface area contributed by atoms with Crippen molar-refractivity contribution in [3.8, 4) is 5.75 Å². The van der Waals surface area contributed by atoms with Crippen molar-refractivity contribution in [1.29, 1.82) is 0 Å². The number of carbonyl (C=O) groups excluding carboxylic acids is 1. The van der Waals surface area contributed by atoms with Gasteiger partial charge in [0.1, 0.15) is 12.3 Å². The van der Waals surface area contributed by atoms with Crippen molar-refractivity contribution >= 4 is 39.0 Å². The molecule has 2 aromatic rings. The van der Waals surface area contributed by atoms with Gasteiger partial charge in [-0.1, -0.05) is 11.6 Å². The number of halogens is 1. The van der Waals surface area contributed by atoms with Gasteiger partial charge in [-0.25, -0.2) is 8.42 Å². The van der Waals surface area contributed by atoms with Gasteiger partial charge in [0.25, 0.3) is 0 Å². The standard InChI is InChI=1S/C19H26ClN5O4S/c1-13-14(2)25(21-19(13)22-30(4,27)28)12-18(26)24-9-7-23(8-10-24)15-5-6-16(20)17(11-15)29-3/h5-6,11H,7-10,12H2,1-4H3,(H,21,22). The summed E-state index contributed by atoms with van der Waals surface area (Å²) in [4.78, 5) is 16.8. The average molecular weight is 456 g/mol. The van der Waals surface area contributed by atoms with E-state index >= 15 is 0 Å². The average Bonchev–Trinajstić information content (AvgIpc) is 2.95.